The predicted molar refractivity (Wildman–Crippen MR) is 94.8 cm³/mol. The second-order valence-electron chi connectivity index (χ2n) is 6.76. The van der Waals surface area contributed by atoms with E-state index >= 15 is 0 Å². The molecular weight excluding hydrogens is 268 g/mol. The summed E-state index contributed by atoms with van der Waals surface area (Å²) in [5.74, 6) is 3.15. The summed E-state index contributed by atoms with van der Waals surface area (Å²) in [6.07, 6.45) is 3.70. The molecule has 2 aromatic rings. The monoisotopic (exact) mass is 296 g/mol. The molecule has 0 saturated heterocycles. The highest BCUT2D eigenvalue weighted by molar-refractivity contribution is 5.35. The molecule has 0 aliphatic carbocycles. The van der Waals surface area contributed by atoms with Gasteiger partial charge in [-0.3, -0.25) is 0 Å². The van der Waals surface area contributed by atoms with Gasteiger partial charge in [0.25, 0.3) is 0 Å². The summed E-state index contributed by atoms with van der Waals surface area (Å²) in [7, 11) is 0. The van der Waals surface area contributed by atoms with Gasteiger partial charge >= 0.3 is 0 Å². The molecule has 0 heterocycles. The van der Waals surface area contributed by atoms with Crippen LogP contribution in [0.25, 0.3) is 0 Å². The van der Waals surface area contributed by atoms with Crippen LogP contribution in [0.15, 0.2) is 48.5 Å². The van der Waals surface area contributed by atoms with Crippen molar-refractivity contribution in [3.8, 4) is 11.5 Å². The molecule has 0 radical (unpaired) electrons. The molecule has 1 nitrogen and oxygen atoms in total. The highest BCUT2D eigenvalue weighted by Crippen LogP contribution is 2.24. The van der Waals surface area contributed by atoms with Gasteiger partial charge in [-0.2, -0.15) is 0 Å². The lowest BCUT2D eigenvalue weighted by Crippen LogP contribution is -1.91. The van der Waals surface area contributed by atoms with Gasteiger partial charge in [0.1, 0.15) is 11.5 Å². The first kappa shape index (κ1) is 16.6. The van der Waals surface area contributed by atoms with Crippen LogP contribution in [0.1, 0.15) is 57.6 Å². The molecule has 0 spiro atoms. The van der Waals surface area contributed by atoms with Gasteiger partial charge in [0.2, 0.25) is 0 Å². The van der Waals surface area contributed by atoms with Gasteiger partial charge in [0, 0.05) is 0 Å². The molecule has 0 saturated carbocycles. The van der Waals surface area contributed by atoms with Crippen molar-refractivity contribution in [1.82, 2.24) is 0 Å². The van der Waals surface area contributed by atoms with Crippen LogP contribution in [0, 0.1) is 5.92 Å². The van der Waals surface area contributed by atoms with Crippen molar-refractivity contribution in [3.63, 3.8) is 0 Å². The summed E-state index contributed by atoms with van der Waals surface area (Å²) < 4.78 is 5.91. The Bertz CT molecular complexity index is 549. The minimum absolute atomic E-state index is 0.555. The molecule has 0 fully saturated rings. The van der Waals surface area contributed by atoms with Crippen LogP contribution in [-0.2, 0) is 6.42 Å². The lowest BCUT2D eigenvalue weighted by Gasteiger charge is -2.09. The van der Waals surface area contributed by atoms with Gasteiger partial charge < -0.3 is 4.74 Å². The summed E-state index contributed by atoms with van der Waals surface area (Å²) in [5.41, 5.74) is 2.73. The average Bonchev–Trinajstić information content (AvgIpc) is 2.49. The number of benzene rings is 2. The quantitative estimate of drug-likeness (QED) is 0.560. The summed E-state index contributed by atoms with van der Waals surface area (Å²) in [5, 5.41) is 0. The molecular formula is C21H28O. The van der Waals surface area contributed by atoms with Crippen molar-refractivity contribution in [2.45, 2.75) is 52.9 Å². The van der Waals surface area contributed by atoms with E-state index in [0.717, 1.165) is 23.8 Å². The molecule has 0 aliphatic heterocycles. The fourth-order valence-electron chi connectivity index (χ4n) is 2.50. The molecule has 0 N–H and O–H groups in total. The second kappa shape index (κ2) is 8.03. The van der Waals surface area contributed by atoms with Crippen LogP contribution in [-0.4, -0.2) is 0 Å². The number of hydrogen-bond donors (Lipinski definition) is 0. The van der Waals surface area contributed by atoms with E-state index < -0.39 is 0 Å². The summed E-state index contributed by atoms with van der Waals surface area (Å²) in [4.78, 5) is 0. The van der Waals surface area contributed by atoms with E-state index in [-0.39, 0.29) is 0 Å². The number of aryl methyl sites for hydroxylation is 1. The third-order valence-corrected chi connectivity index (χ3v) is 3.95. The first-order valence-corrected chi connectivity index (χ1v) is 8.41. The maximum absolute atomic E-state index is 5.91. The van der Waals surface area contributed by atoms with Gasteiger partial charge in [-0.15, -0.1) is 0 Å². The van der Waals surface area contributed by atoms with Gasteiger partial charge in [-0.25, -0.2) is 0 Å². The average molecular weight is 296 g/mol. The Labute approximate surface area is 135 Å². The van der Waals surface area contributed by atoms with Crippen LogP contribution >= 0.6 is 0 Å². The SMILES string of the molecule is CC(C)CCCc1ccc(Oc2ccc(C(C)C)cc2)cc1. The number of hydrogen-bond acceptors (Lipinski definition) is 1. The molecule has 22 heavy (non-hydrogen) atoms. The number of ether oxygens (including phenoxy) is 1. The van der Waals surface area contributed by atoms with Crippen LogP contribution in [0.2, 0.25) is 0 Å². The lowest BCUT2D eigenvalue weighted by molar-refractivity contribution is 0.482. The molecule has 0 atom stereocenters. The molecule has 2 aromatic carbocycles. The minimum atomic E-state index is 0.555. The Hall–Kier alpha value is -1.76. The Kier molecular flexibility index (Phi) is 6.06. The smallest absolute Gasteiger partial charge is 0.127 e. The van der Waals surface area contributed by atoms with Crippen molar-refractivity contribution in [1.29, 1.82) is 0 Å². The first-order valence-electron chi connectivity index (χ1n) is 8.41. The van der Waals surface area contributed by atoms with E-state index in [1.54, 1.807) is 0 Å². The molecule has 0 unspecified atom stereocenters. The fraction of sp³-hybridized carbons (Fsp3) is 0.429. The predicted octanol–water partition coefficient (Wildman–Crippen LogP) is 6.58. The first-order chi connectivity index (χ1) is 10.5. The molecule has 0 aliphatic rings. The van der Waals surface area contributed by atoms with Crippen molar-refractivity contribution in [3.05, 3.63) is 59.7 Å². The minimum Gasteiger partial charge on any atom is -0.457 e. The van der Waals surface area contributed by atoms with E-state index in [1.807, 2.05) is 12.1 Å². The van der Waals surface area contributed by atoms with Crippen molar-refractivity contribution in [2.24, 2.45) is 5.92 Å². The molecule has 0 bridgehead atoms. The number of rotatable bonds is 7. The Balaban J connectivity index is 1.90. The second-order valence-corrected chi connectivity index (χ2v) is 6.76. The zero-order valence-electron chi connectivity index (χ0n) is 14.3. The summed E-state index contributed by atoms with van der Waals surface area (Å²) in [6, 6.07) is 16.9. The zero-order valence-corrected chi connectivity index (χ0v) is 14.3. The summed E-state index contributed by atoms with van der Waals surface area (Å²) >= 11 is 0. The molecule has 0 aromatic heterocycles. The third-order valence-electron chi connectivity index (χ3n) is 3.95. The zero-order chi connectivity index (χ0) is 15.9. The van der Waals surface area contributed by atoms with Gasteiger partial charge in [0.15, 0.2) is 0 Å². The van der Waals surface area contributed by atoms with E-state index in [2.05, 4.69) is 64.1 Å². The molecule has 0 amide bonds. The van der Waals surface area contributed by atoms with Gasteiger partial charge in [-0.1, -0.05) is 58.4 Å². The fourth-order valence-corrected chi connectivity index (χ4v) is 2.50. The van der Waals surface area contributed by atoms with Crippen molar-refractivity contribution >= 4 is 0 Å². The Morgan fingerprint density at radius 2 is 1.32 bits per heavy atom. The topological polar surface area (TPSA) is 9.23 Å². The van der Waals surface area contributed by atoms with Gasteiger partial charge in [-0.05, 0) is 60.1 Å². The van der Waals surface area contributed by atoms with Gasteiger partial charge in [0.05, 0.1) is 0 Å². The Morgan fingerprint density at radius 3 is 1.82 bits per heavy atom. The van der Waals surface area contributed by atoms with Crippen LogP contribution < -0.4 is 4.74 Å². The molecule has 2 rings (SSSR count). The molecule has 118 valence electrons. The van der Waals surface area contributed by atoms with Crippen molar-refractivity contribution in [2.75, 3.05) is 0 Å². The van der Waals surface area contributed by atoms with Crippen molar-refractivity contribution < 1.29 is 4.74 Å². The van der Waals surface area contributed by atoms with Crippen LogP contribution in [0.3, 0.4) is 0 Å². The molecule has 1 heteroatoms. The maximum Gasteiger partial charge on any atom is 0.127 e. The largest absolute Gasteiger partial charge is 0.457 e. The summed E-state index contributed by atoms with van der Waals surface area (Å²) in [6.45, 7) is 8.96. The standard InChI is InChI=1S/C21H28O/c1-16(2)6-5-7-18-8-12-20(13-9-18)22-21-14-10-19(11-15-21)17(3)4/h8-17H,5-7H2,1-4H3. The normalized spacial score (nSPS) is 11.2. The highest BCUT2D eigenvalue weighted by Gasteiger charge is 2.02. The van der Waals surface area contributed by atoms with Crippen LogP contribution in [0.5, 0.6) is 11.5 Å². The van der Waals surface area contributed by atoms with E-state index in [9.17, 15) is 0 Å². The van der Waals surface area contributed by atoms with Crippen LogP contribution in [0.4, 0.5) is 0 Å². The maximum atomic E-state index is 5.91. The van der Waals surface area contributed by atoms with E-state index in [0.29, 0.717) is 5.92 Å². The Morgan fingerprint density at radius 1 is 0.773 bits per heavy atom. The third kappa shape index (κ3) is 5.22. The highest BCUT2D eigenvalue weighted by atomic mass is 16.5. The van der Waals surface area contributed by atoms with E-state index in [1.165, 1.54) is 24.0 Å². The van der Waals surface area contributed by atoms with E-state index in [4.69, 9.17) is 4.74 Å². The lowest BCUT2D eigenvalue weighted by atomic mass is 10.0.